The van der Waals surface area contributed by atoms with E-state index in [-0.39, 0.29) is 12.8 Å². The Balaban J connectivity index is 2.97. The smallest absolute Gasteiger partial charge is 0.328 e. The van der Waals surface area contributed by atoms with E-state index in [1.807, 2.05) is 6.92 Å². The van der Waals surface area contributed by atoms with Gasteiger partial charge in [-0.1, -0.05) is 19.4 Å². The number of carbonyl (C=O) groups is 3. The summed E-state index contributed by atoms with van der Waals surface area (Å²) in [7, 11) is 0. The topological polar surface area (TPSA) is 95.5 Å². The average molecular weight is 254 g/mol. The first-order chi connectivity index (χ1) is 8.46. The van der Waals surface area contributed by atoms with E-state index in [4.69, 9.17) is 0 Å². The number of nitrogens with one attached hydrogen (secondary N) is 2. The molecule has 0 radical (unpaired) electrons. The van der Waals surface area contributed by atoms with Crippen LogP contribution in [0.3, 0.4) is 0 Å². The molecule has 3 N–H and O–H groups in total. The summed E-state index contributed by atoms with van der Waals surface area (Å²) in [6.45, 7) is 5.41. The standard InChI is InChI=1S/C12H18N2O4/c1-3-5-8(15)7-12(6-4-2)9(16)13-11(18)14-10(12)17/h4,8,15H,2-3,5-7H2,1H3,(H2,13,14,16,17,18). The third-order valence-corrected chi connectivity index (χ3v) is 3.02. The minimum atomic E-state index is -1.44. The Morgan fingerprint density at radius 3 is 2.33 bits per heavy atom. The maximum absolute atomic E-state index is 11.9. The number of hydrogen-bond acceptors (Lipinski definition) is 4. The number of imide groups is 2. The lowest BCUT2D eigenvalue weighted by Gasteiger charge is -2.34. The molecule has 0 saturated carbocycles. The molecule has 1 fully saturated rings. The number of aliphatic hydroxyl groups excluding tert-OH is 1. The van der Waals surface area contributed by atoms with Crippen LogP contribution in [0.4, 0.5) is 4.79 Å². The zero-order valence-corrected chi connectivity index (χ0v) is 10.4. The van der Waals surface area contributed by atoms with Gasteiger partial charge in [-0.15, -0.1) is 6.58 Å². The zero-order chi connectivity index (χ0) is 13.8. The predicted molar refractivity (Wildman–Crippen MR) is 64.5 cm³/mol. The van der Waals surface area contributed by atoms with Crippen LogP contribution in [0.2, 0.25) is 0 Å². The molecule has 0 aromatic carbocycles. The van der Waals surface area contributed by atoms with Gasteiger partial charge in [-0.05, 0) is 19.3 Å². The summed E-state index contributed by atoms with van der Waals surface area (Å²) in [5.41, 5.74) is -1.44. The van der Waals surface area contributed by atoms with Gasteiger partial charge >= 0.3 is 6.03 Å². The van der Waals surface area contributed by atoms with E-state index >= 15 is 0 Å². The van der Waals surface area contributed by atoms with E-state index in [2.05, 4.69) is 17.2 Å². The van der Waals surface area contributed by atoms with Crippen molar-refractivity contribution in [2.45, 2.75) is 38.7 Å². The van der Waals surface area contributed by atoms with Crippen LogP contribution in [0.5, 0.6) is 0 Å². The number of allylic oxidation sites excluding steroid dienone is 1. The van der Waals surface area contributed by atoms with Crippen molar-refractivity contribution >= 4 is 17.8 Å². The summed E-state index contributed by atoms with van der Waals surface area (Å²) in [5.74, 6) is -1.35. The SMILES string of the molecule is C=CCC1(CC(O)CCC)C(=O)NC(=O)NC1=O. The van der Waals surface area contributed by atoms with Crippen LogP contribution in [0.15, 0.2) is 12.7 Å². The van der Waals surface area contributed by atoms with Gasteiger partial charge < -0.3 is 5.11 Å². The van der Waals surface area contributed by atoms with E-state index < -0.39 is 29.4 Å². The summed E-state index contributed by atoms with van der Waals surface area (Å²) in [5, 5.41) is 13.9. The lowest BCUT2D eigenvalue weighted by atomic mass is 9.75. The molecule has 6 heteroatoms. The normalized spacial score (nSPS) is 20.0. The fourth-order valence-corrected chi connectivity index (χ4v) is 2.12. The first-order valence-corrected chi connectivity index (χ1v) is 5.92. The molecule has 1 rings (SSSR count). The minimum absolute atomic E-state index is 0.0161. The largest absolute Gasteiger partial charge is 0.393 e. The van der Waals surface area contributed by atoms with Gasteiger partial charge in [-0.2, -0.15) is 0 Å². The van der Waals surface area contributed by atoms with E-state index in [0.29, 0.717) is 6.42 Å². The Kier molecular flexibility index (Phi) is 4.61. The number of amides is 4. The van der Waals surface area contributed by atoms with Crippen LogP contribution in [-0.2, 0) is 9.59 Å². The van der Waals surface area contributed by atoms with Gasteiger partial charge in [0.2, 0.25) is 11.8 Å². The molecule has 1 heterocycles. The summed E-state index contributed by atoms with van der Waals surface area (Å²) in [4.78, 5) is 34.9. The number of aliphatic hydroxyl groups is 1. The molecule has 6 nitrogen and oxygen atoms in total. The van der Waals surface area contributed by atoms with Gasteiger partial charge in [0, 0.05) is 0 Å². The van der Waals surface area contributed by atoms with Gasteiger partial charge in [0.05, 0.1) is 6.10 Å². The van der Waals surface area contributed by atoms with Gasteiger partial charge in [-0.25, -0.2) is 4.79 Å². The van der Waals surface area contributed by atoms with Crippen molar-refractivity contribution in [1.29, 1.82) is 0 Å². The summed E-state index contributed by atoms with van der Waals surface area (Å²) in [6.07, 6.45) is 1.98. The van der Waals surface area contributed by atoms with Gasteiger partial charge in [0.1, 0.15) is 5.41 Å². The Bertz CT molecular complexity index is 358. The number of rotatable bonds is 6. The molecule has 1 saturated heterocycles. The molecular weight excluding hydrogens is 236 g/mol. The van der Waals surface area contributed by atoms with Crippen LogP contribution < -0.4 is 10.6 Å². The molecule has 0 aromatic heterocycles. The Labute approximate surface area is 105 Å². The molecule has 4 amide bonds. The molecule has 0 aliphatic carbocycles. The highest BCUT2D eigenvalue weighted by atomic mass is 16.3. The lowest BCUT2D eigenvalue weighted by molar-refractivity contribution is -0.146. The van der Waals surface area contributed by atoms with Crippen LogP contribution >= 0.6 is 0 Å². The first kappa shape index (κ1) is 14.4. The molecule has 1 aliphatic heterocycles. The van der Waals surface area contributed by atoms with Gasteiger partial charge in [0.25, 0.3) is 0 Å². The highest BCUT2D eigenvalue weighted by Gasteiger charge is 2.50. The predicted octanol–water partition coefficient (Wildman–Crippen LogP) is 0.466. The lowest BCUT2D eigenvalue weighted by Crippen LogP contribution is -2.63. The molecule has 1 atom stereocenters. The van der Waals surface area contributed by atoms with Gasteiger partial charge in [0.15, 0.2) is 0 Å². The van der Waals surface area contributed by atoms with Crippen molar-refractivity contribution in [2.75, 3.05) is 0 Å². The van der Waals surface area contributed by atoms with Crippen molar-refractivity contribution < 1.29 is 19.5 Å². The van der Waals surface area contributed by atoms with E-state index in [9.17, 15) is 19.5 Å². The zero-order valence-electron chi connectivity index (χ0n) is 10.4. The second-order valence-electron chi connectivity index (χ2n) is 4.46. The minimum Gasteiger partial charge on any atom is -0.393 e. The monoisotopic (exact) mass is 254 g/mol. The van der Waals surface area contributed by atoms with Crippen LogP contribution in [0.25, 0.3) is 0 Å². The van der Waals surface area contributed by atoms with Crippen LogP contribution in [0, 0.1) is 5.41 Å². The van der Waals surface area contributed by atoms with E-state index in [0.717, 1.165) is 6.42 Å². The van der Waals surface area contributed by atoms with Crippen molar-refractivity contribution in [3.05, 3.63) is 12.7 Å². The molecule has 1 aliphatic rings. The second-order valence-corrected chi connectivity index (χ2v) is 4.46. The molecule has 18 heavy (non-hydrogen) atoms. The fraction of sp³-hybridized carbons (Fsp3) is 0.583. The molecule has 0 spiro atoms. The van der Waals surface area contributed by atoms with Crippen LogP contribution in [-0.4, -0.2) is 29.1 Å². The van der Waals surface area contributed by atoms with Crippen molar-refractivity contribution in [3.8, 4) is 0 Å². The summed E-state index contributed by atoms with van der Waals surface area (Å²) >= 11 is 0. The number of urea groups is 1. The van der Waals surface area contributed by atoms with Crippen molar-refractivity contribution in [1.82, 2.24) is 10.6 Å². The van der Waals surface area contributed by atoms with E-state index in [1.54, 1.807) is 0 Å². The number of barbiturate groups is 1. The van der Waals surface area contributed by atoms with Gasteiger partial charge in [-0.3, -0.25) is 20.2 Å². The highest BCUT2D eigenvalue weighted by molar-refractivity contribution is 6.19. The molecule has 0 bridgehead atoms. The quantitative estimate of drug-likeness (QED) is 0.474. The Morgan fingerprint density at radius 2 is 1.89 bits per heavy atom. The molecule has 1 unspecified atom stereocenters. The second kappa shape index (κ2) is 5.77. The third-order valence-electron chi connectivity index (χ3n) is 3.02. The van der Waals surface area contributed by atoms with Crippen molar-refractivity contribution in [2.24, 2.45) is 5.41 Å². The number of carbonyl (C=O) groups excluding carboxylic acids is 3. The maximum atomic E-state index is 11.9. The summed E-state index contributed by atoms with van der Waals surface area (Å²) < 4.78 is 0. The maximum Gasteiger partial charge on any atom is 0.328 e. The molecular formula is C12H18N2O4. The van der Waals surface area contributed by atoms with Crippen LogP contribution in [0.1, 0.15) is 32.6 Å². The molecule has 100 valence electrons. The third kappa shape index (κ3) is 2.76. The average Bonchev–Trinajstić information content (AvgIpc) is 2.26. The first-order valence-electron chi connectivity index (χ1n) is 5.92. The number of hydrogen-bond donors (Lipinski definition) is 3. The molecule has 0 aromatic rings. The Hall–Kier alpha value is -1.69. The summed E-state index contributed by atoms with van der Waals surface area (Å²) in [6, 6.07) is -0.824. The van der Waals surface area contributed by atoms with E-state index in [1.165, 1.54) is 6.08 Å². The van der Waals surface area contributed by atoms with Crippen molar-refractivity contribution in [3.63, 3.8) is 0 Å². The fourth-order valence-electron chi connectivity index (χ4n) is 2.12. The Morgan fingerprint density at radius 1 is 1.33 bits per heavy atom. The highest BCUT2D eigenvalue weighted by Crippen LogP contribution is 2.32.